The van der Waals surface area contributed by atoms with Crippen LogP contribution in [-0.4, -0.2) is 47.8 Å². The Bertz CT molecular complexity index is 2710. The summed E-state index contributed by atoms with van der Waals surface area (Å²) in [5.74, 6) is -0.855. The molecule has 2 heterocycles. The molecule has 0 aromatic heterocycles. The van der Waals surface area contributed by atoms with Crippen LogP contribution in [0.5, 0.6) is 0 Å². The zero-order valence-electron chi connectivity index (χ0n) is 33.7. The quantitative estimate of drug-likeness (QED) is 0.0526. The molecule has 0 aliphatic carbocycles. The van der Waals surface area contributed by atoms with Gasteiger partial charge in [-0.2, -0.15) is 8.42 Å². The van der Waals surface area contributed by atoms with Crippen LogP contribution < -0.4 is 10.2 Å². The van der Waals surface area contributed by atoms with E-state index in [1.165, 1.54) is 46.3 Å². The molecule has 0 atom stereocenters. The number of nitrogens with zero attached hydrogens (tertiary/aromatic N) is 2. The molecule has 7 rings (SSSR count). The topological polar surface area (TPSA) is 127 Å². The third kappa shape index (κ3) is 7.45. The van der Waals surface area contributed by atoms with Gasteiger partial charge in [-0.15, -0.1) is 6.08 Å². The highest BCUT2D eigenvalue weighted by atomic mass is 32.2. The SMILES string of the molecule is C=[N+]1c2ccc3ccc(S(=O)(=O)O)cc3c2C(C)(C)[C-]1/C=C/C(=C/C=C1/N(CC(C)C)c2ccc3ccccc3c2C1(C)C)CCC(=O)Nc1ccc(C(=O)O)cc1. The number of carbonyl (C=O) groups is 2. The average Bonchev–Trinajstić information content (AvgIpc) is 3.50. The van der Waals surface area contributed by atoms with Gasteiger partial charge in [-0.25, -0.2) is 4.79 Å². The minimum Gasteiger partial charge on any atom is -0.478 e. The first-order valence-corrected chi connectivity index (χ1v) is 20.9. The van der Waals surface area contributed by atoms with Crippen molar-refractivity contribution in [3.63, 3.8) is 0 Å². The van der Waals surface area contributed by atoms with Crippen LogP contribution in [0.25, 0.3) is 21.5 Å². The minimum atomic E-state index is -4.42. The molecule has 0 bridgehead atoms. The number of nitrogens with one attached hydrogen (secondary N) is 1. The Morgan fingerprint density at radius 3 is 2.26 bits per heavy atom. The van der Waals surface area contributed by atoms with E-state index in [4.69, 9.17) is 0 Å². The van der Waals surface area contributed by atoms with Crippen molar-refractivity contribution in [1.82, 2.24) is 0 Å². The first-order valence-electron chi connectivity index (χ1n) is 19.4. The lowest BCUT2D eigenvalue weighted by Gasteiger charge is -2.28. The van der Waals surface area contributed by atoms with E-state index in [2.05, 4.69) is 107 Å². The molecule has 0 unspecified atom stereocenters. The first kappa shape index (κ1) is 40.2. The highest BCUT2D eigenvalue weighted by Crippen LogP contribution is 2.53. The summed E-state index contributed by atoms with van der Waals surface area (Å²) in [7, 11) is -4.42. The summed E-state index contributed by atoms with van der Waals surface area (Å²) < 4.78 is 36.0. The summed E-state index contributed by atoms with van der Waals surface area (Å²) in [5.41, 5.74) is 5.97. The number of benzene rings is 5. The number of fused-ring (bicyclic) bond motifs is 6. The Labute approximate surface area is 340 Å². The van der Waals surface area contributed by atoms with Crippen molar-refractivity contribution in [2.45, 2.75) is 70.1 Å². The van der Waals surface area contributed by atoms with E-state index >= 15 is 0 Å². The van der Waals surface area contributed by atoms with Gasteiger partial charge in [0.1, 0.15) is 11.7 Å². The van der Waals surface area contributed by atoms with Crippen LogP contribution in [-0.2, 0) is 25.7 Å². The highest BCUT2D eigenvalue weighted by Gasteiger charge is 2.44. The second kappa shape index (κ2) is 15.1. The Kier molecular flexibility index (Phi) is 10.5. The predicted molar refractivity (Wildman–Crippen MR) is 233 cm³/mol. The van der Waals surface area contributed by atoms with Crippen molar-refractivity contribution in [1.29, 1.82) is 0 Å². The average molecular weight is 796 g/mol. The number of amides is 1. The molecule has 3 N–H and O–H groups in total. The molecule has 2 aliphatic heterocycles. The first-order chi connectivity index (χ1) is 27.4. The minimum absolute atomic E-state index is 0.138. The summed E-state index contributed by atoms with van der Waals surface area (Å²) in [6.07, 6.45) is 8.90. The third-order valence-corrected chi connectivity index (χ3v) is 12.2. The lowest BCUT2D eigenvalue weighted by molar-refractivity contribution is -0.405. The molecule has 5 aromatic rings. The monoisotopic (exact) mass is 795 g/mol. The van der Waals surface area contributed by atoms with Crippen molar-refractivity contribution in [2.75, 3.05) is 16.8 Å². The second-order valence-electron chi connectivity index (χ2n) is 16.6. The van der Waals surface area contributed by atoms with Crippen molar-refractivity contribution < 1.29 is 32.2 Å². The third-order valence-electron chi connectivity index (χ3n) is 11.4. The lowest BCUT2D eigenvalue weighted by Crippen LogP contribution is -2.29. The van der Waals surface area contributed by atoms with Gasteiger partial charge < -0.3 is 15.3 Å². The van der Waals surface area contributed by atoms with Crippen LogP contribution in [0.2, 0.25) is 0 Å². The molecule has 2 aliphatic rings. The molecule has 58 heavy (non-hydrogen) atoms. The maximum Gasteiger partial charge on any atom is 0.335 e. The van der Waals surface area contributed by atoms with E-state index in [1.807, 2.05) is 28.9 Å². The van der Waals surface area contributed by atoms with Gasteiger partial charge in [-0.05, 0) is 99.6 Å². The number of anilines is 2. The zero-order valence-corrected chi connectivity index (χ0v) is 34.5. The fourth-order valence-corrected chi connectivity index (χ4v) is 9.10. The smallest absolute Gasteiger partial charge is 0.335 e. The number of hydrogen-bond donors (Lipinski definition) is 3. The summed E-state index contributed by atoms with van der Waals surface area (Å²) >= 11 is 0. The highest BCUT2D eigenvalue weighted by molar-refractivity contribution is 7.85. The molecular formula is C48H49N3O6S. The van der Waals surface area contributed by atoms with E-state index in [0.717, 1.165) is 40.5 Å². The van der Waals surface area contributed by atoms with E-state index in [9.17, 15) is 27.7 Å². The zero-order chi connectivity index (χ0) is 41.7. The lowest BCUT2D eigenvalue weighted by atomic mass is 9.78. The summed E-state index contributed by atoms with van der Waals surface area (Å²) in [5, 5.41) is 16.2. The van der Waals surface area contributed by atoms with Gasteiger partial charge >= 0.3 is 5.97 Å². The summed E-state index contributed by atoms with van der Waals surface area (Å²) in [4.78, 5) is 26.9. The number of allylic oxidation sites excluding steroid dienone is 5. The molecule has 298 valence electrons. The van der Waals surface area contributed by atoms with Crippen molar-refractivity contribution in [3.8, 4) is 0 Å². The Hall–Kier alpha value is -5.97. The van der Waals surface area contributed by atoms with Gasteiger partial charge in [-0.1, -0.05) is 102 Å². The second-order valence-corrected chi connectivity index (χ2v) is 18.0. The Balaban J connectivity index is 1.27. The number of carboxylic acids is 1. The standard InChI is InChI=1S/C48H49N3O6S/c1-30(2)29-51-40-24-19-32-10-8-9-11-37(32)44(40)48(5,6)42(51)26-13-31(14-27-43(52)49-35-20-15-34(16-21-35)46(53)54)12-25-41-47(3,4)45-38-28-36(58(55,56)57)22-17-33(38)18-23-39(45)50(41)7/h8-13,15-26,28,30H,7,14,27,29H2,1-6H3,(H,49,52)(H,53,54)(H,55,56,57)/b25-12+,31-13-,42-26+. The van der Waals surface area contributed by atoms with Crippen LogP contribution >= 0.6 is 0 Å². The van der Waals surface area contributed by atoms with Gasteiger partial charge in [0.15, 0.2) is 0 Å². The van der Waals surface area contributed by atoms with Gasteiger partial charge in [0.2, 0.25) is 5.91 Å². The maximum atomic E-state index is 13.3. The van der Waals surface area contributed by atoms with Crippen LogP contribution in [0, 0.1) is 12.0 Å². The molecule has 5 aromatic carbocycles. The van der Waals surface area contributed by atoms with E-state index < -0.39 is 21.5 Å². The normalized spacial score (nSPS) is 16.9. The molecule has 9 nitrogen and oxygen atoms in total. The largest absolute Gasteiger partial charge is 0.478 e. The Morgan fingerprint density at radius 2 is 1.57 bits per heavy atom. The van der Waals surface area contributed by atoms with Gasteiger partial charge in [0, 0.05) is 40.9 Å². The number of rotatable bonds is 11. The summed E-state index contributed by atoms with van der Waals surface area (Å²) in [6, 6.07) is 28.4. The van der Waals surface area contributed by atoms with Gasteiger partial charge in [0.05, 0.1) is 17.2 Å². The molecule has 1 amide bonds. The molecule has 0 saturated carbocycles. The summed E-state index contributed by atoms with van der Waals surface area (Å²) in [6.45, 7) is 18.3. The van der Waals surface area contributed by atoms with Crippen molar-refractivity contribution in [3.05, 3.63) is 149 Å². The number of aromatic carboxylic acids is 1. The molecule has 0 radical (unpaired) electrons. The van der Waals surface area contributed by atoms with E-state index in [0.29, 0.717) is 23.4 Å². The van der Waals surface area contributed by atoms with Crippen LogP contribution in [0.3, 0.4) is 0 Å². The molecule has 10 heteroatoms. The number of hydrogen-bond acceptors (Lipinski definition) is 5. The van der Waals surface area contributed by atoms with Crippen molar-refractivity contribution >= 4 is 67.3 Å². The molecule has 0 saturated heterocycles. The fourth-order valence-electron chi connectivity index (χ4n) is 8.59. The molecule has 0 spiro atoms. The predicted octanol–water partition coefficient (Wildman–Crippen LogP) is 10.3. The van der Waals surface area contributed by atoms with E-state index in [-0.39, 0.29) is 28.2 Å². The number of carboxylic acid groups (broad SMARTS) is 1. The molecular weight excluding hydrogens is 747 g/mol. The van der Waals surface area contributed by atoms with Crippen molar-refractivity contribution in [2.24, 2.45) is 5.92 Å². The van der Waals surface area contributed by atoms with Crippen LogP contribution in [0.4, 0.5) is 17.1 Å². The van der Waals surface area contributed by atoms with Crippen LogP contribution in [0.15, 0.2) is 131 Å². The van der Waals surface area contributed by atoms with Gasteiger partial charge in [-0.3, -0.25) is 13.9 Å². The van der Waals surface area contributed by atoms with Gasteiger partial charge in [0.25, 0.3) is 10.1 Å². The molecule has 0 fully saturated rings. The van der Waals surface area contributed by atoms with Crippen LogP contribution in [0.1, 0.15) is 75.9 Å². The number of carbonyl (C=O) groups excluding carboxylic acids is 1. The van der Waals surface area contributed by atoms with E-state index in [1.54, 1.807) is 18.2 Å². The fraction of sp³-hybridized carbons (Fsp3) is 0.250. The maximum absolute atomic E-state index is 13.3. The Morgan fingerprint density at radius 1 is 0.897 bits per heavy atom.